The van der Waals surface area contributed by atoms with Gasteiger partial charge in [-0.2, -0.15) is 98.5 Å². The molecule has 596 valence electrons. The van der Waals surface area contributed by atoms with Gasteiger partial charge in [0, 0.05) is 112 Å². The number of benzene rings is 8. The molecule has 0 aliphatic heterocycles. The summed E-state index contributed by atoms with van der Waals surface area (Å²) in [6, 6.07) is 54.1. The Balaban J connectivity index is -0.00000132. The van der Waals surface area contributed by atoms with E-state index in [1.54, 1.807) is 12.1 Å². The van der Waals surface area contributed by atoms with Gasteiger partial charge in [0.15, 0.2) is 0 Å². The maximum Gasteiger partial charge on any atom is 4.00 e. The van der Waals surface area contributed by atoms with E-state index in [0.717, 1.165) is 110 Å². The maximum atomic E-state index is 13.2. The van der Waals surface area contributed by atoms with E-state index >= 15 is 0 Å². The van der Waals surface area contributed by atoms with Gasteiger partial charge < -0.3 is 54.2 Å². The molecule has 0 N–H and O–H groups in total. The summed E-state index contributed by atoms with van der Waals surface area (Å²) in [4.78, 5) is 8.42. The van der Waals surface area contributed by atoms with Crippen LogP contribution in [0.2, 0.25) is 20.1 Å². The number of rotatable bonds is 20. The molecule has 0 saturated carbocycles. The predicted octanol–water partition coefficient (Wildman–Crippen LogP) is 21.2. The third-order valence-electron chi connectivity index (χ3n) is 15.9. The van der Waals surface area contributed by atoms with E-state index in [0.29, 0.717) is 47.4 Å². The summed E-state index contributed by atoms with van der Waals surface area (Å²) in [7, 11) is 7.95. The van der Waals surface area contributed by atoms with Crippen LogP contribution in [-0.2, 0) is 114 Å². The molecule has 0 aromatic heterocycles. The monoisotopic (exact) mass is 1720 g/mol. The first-order valence-corrected chi connectivity index (χ1v) is 38.5. The van der Waals surface area contributed by atoms with Gasteiger partial charge in [-0.1, -0.05) is 190 Å². The molecule has 8 aromatic carbocycles. The Morgan fingerprint density at radius 2 is 0.505 bits per heavy atom. The van der Waals surface area contributed by atoms with E-state index in [1.807, 2.05) is 191 Å². The molecule has 0 atom stereocenters. The molecule has 0 bridgehead atoms. The van der Waals surface area contributed by atoms with Crippen LogP contribution >= 0.6 is 46.4 Å². The molecule has 11 nitrogen and oxygen atoms in total. The summed E-state index contributed by atoms with van der Waals surface area (Å²) < 4.78 is 14.5. The number of hydrogen-bond acceptors (Lipinski definition) is 11. The van der Waals surface area contributed by atoms with Crippen molar-refractivity contribution in [2.75, 3.05) is 94.0 Å². The topological polar surface area (TPSA) is 133 Å². The van der Waals surface area contributed by atoms with Crippen LogP contribution < -0.4 is 20.4 Å². The Bertz CT molecular complexity index is 3320. The Labute approximate surface area is 720 Å². The van der Waals surface area contributed by atoms with Crippen LogP contribution in [0.15, 0.2) is 170 Å². The van der Waals surface area contributed by atoms with Crippen molar-refractivity contribution in [3.63, 3.8) is 0 Å². The summed E-state index contributed by atoms with van der Waals surface area (Å²) in [6.45, 7) is 62.5. The first-order chi connectivity index (χ1) is 50.0. The number of hydrogen-bond donors (Lipinski definition) is 0. The molecule has 0 aliphatic carbocycles. The largest absolute Gasteiger partial charge is 4.00 e. The van der Waals surface area contributed by atoms with Crippen molar-refractivity contribution >= 4 is 46.4 Å². The van der Waals surface area contributed by atoms with Gasteiger partial charge in [0.1, 0.15) is 0 Å². The predicted molar refractivity (Wildman–Crippen MR) is 454 cm³/mol. The van der Waals surface area contributed by atoms with Crippen molar-refractivity contribution in [1.29, 1.82) is 0 Å². The van der Waals surface area contributed by atoms with Gasteiger partial charge in [-0.3, -0.25) is 0 Å². The first-order valence-electron chi connectivity index (χ1n) is 37.0. The fourth-order valence-corrected chi connectivity index (χ4v) is 10.8. The van der Waals surface area contributed by atoms with Crippen molar-refractivity contribution in [3.8, 4) is 23.0 Å². The molecule has 0 spiro atoms. The molecule has 0 fully saturated rings. The first kappa shape index (κ1) is 108. The van der Waals surface area contributed by atoms with Crippen LogP contribution in [0.25, 0.3) is 0 Å². The molecule has 0 aliphatic rings. The van der Waals surface area contributed by atoms with Gasteiger partial charge in [0.25, 0.3) is 0 Å². The Hall–Kier alpha value is -4.91. The molecule has 8 rings (SSSR count). The van der Waals surface area contributed by atoms with E-state index in [2.05, 4.69) is 155 Å². The van der Waals surface area contributed by atoms with E-state index in [4.69, 9.17) is 60.6 Å². The van der Waals surface area contributed by atoms with Crippen molar-refractivity contribution in [2.45, 2.75) is 172 Å². The summed E-state index contributed by atoms with van der Waals surface area (Å²) >= 11 is 24.0. The van der Waals surface area contributed by atoms with Crippen LogP contribution in [0.4, 0.5) is 0 Å². The van der Waals surface area contributed by atoms with Crippen LogP contribution in [0.5, 0.6) is 23.0 Å². The standard InChI is InChI=1S/2C26H38Cl2N2O2.4C7H7.3C4H10O.2Zr/c2*1-25(2,3)19-11-17(23(31)21(13-19)26(4,5)6)15-29(7)9-10-30(8)16-18-12-20(27)14-22(28)24(18)32;4*1-7-5-3-2-4-6-7;3*1-3-5-4-2;;/h2*11-14,31-32H,9-10,15-16H2,1-8H3;4*2-6H,1H2;3*3-4H2,1-2H3;;/q;;4*-1;;;;2*+4/p-4. The van der Waals surface area contributed by atoms with Gasteiger partial charge in [-0.05, 0) is 160 Å². The molecular formula is C92H130Cl4N4O7Zr2. The van der Waals surface area contributed by atoms with E-state index < -0.39 is 0 Å². The second kappa shape index (κ2) is 58.0. The minimum absolute atomic E-state index is 0. The average Bonchev–Trinajstić information content (AvgIpc) is 0.791. The van der Waals surface area contributed by atoms with Crippen LogP contribution in [0.3, 0.4) is 0 Å². The molecule has 17 heteroatoms. The van der Waals surface area contributed by atoms with Gasteiger partial charge in [0.2, 0.25) is 0 Å². The Morgan fingerprint density at radius 3 is 0.661 bits per heavy atom. The number of likely N-dealkylation sites (N-methyl/N-ethyl adjacent to an activating group) is 4. The summed E-state index contributed by atoms with van der Waals surface area (Å²) in [5, 5.41) is 52.1. The zero-order valence-corrected chi connectivity index (χ0v) is 78.0. The molecule has 8 aromatic rings. The minimum Gasteiger partial charge on any atom is -0.872 e. The second-order valence-electron chi connectivity index (χ2n) is 30.0. The molecule has 0 heterocycles. The van der Waals surface area contributed by atoms with Crippen molar-refractivity contribution < 1.29 is 87.0 Å². The number of nitrogens with zero attached hydrogens (tertiary/aromatic N) is 4. The second-order valence-corrected chi connectivity index (χ2v) is 31.7. The Morgan fingerprint density at radius 1 is 0.303 bits per heavy atom. The summed E-state index contributed by atoms with van der Waals surface area (Å²) in [6.07, 6.45) is 0. The SMILES string of the molecule is CCOCC.CCOCC.CCOCC.CN(CCN(C)Cc1cc(C(C)(C)C)cc(C(C)(C)C)c1[O-])Cc1cc(Cl)cc(Cl)c1[O-].CN(CCN(C)Cc1cc(C(C)(C)C)cc(C(C)(C)C)c1[O-])Cc1cc(Cl)cc(Cl)c1[O-].[CH2-]c1ccccc1.[CH2-]c1ccccc1.[CH2-]c1ccccc1.[CH2-]c1ccccc1.[Zr+4].[Zr+4]. The van der Waals surface area contributed by atoms with E-state index in [9.17, 15) is 20.4 Å². The molecule has 0 saturated heterocycles. The Kier molecular flexibility index (Phi) is 57.6. The van der Waals surface area contributed by atoms with Crippen LogP contribution in [0, 0.1) is 27.7 Å². The van der Waals surface area contributed by atoms with Crippen LogP contribution in [0.1, 0.15) is 191 Å². The van der Waals surface area contributed by atoms with Crippen molar-refractivity contribution in [2.24, 2.45) is 0 Å². The molecular weight excluding hydrogens is 1600 g/mol. The fraction of sp³-hybridized carbons (Fsp3) is 0.435. The third kappa shape index (κ3) is 48.7. The van der Waals surface area contributed by atoms with E-state index in [-0.39, 0.29) is 107 Å². The summed E-state index contributed by atoms with van der Waals surface area (Å²) in [5.74, 6) is -0.0903. The minimum atomic E-state index is -0.208. The third-order valence-corrected chi connectivity index (χ3v) is 16.9. The van der Waals surface area contributed by atoms with E-state index in [1.165, 1.54) is 23.3 Å². The normalized spacial score (nSPS) is 10.8. The zero-order valence-electron chi connectivity index (χ0n) is 70.1. The van der Waals surface area contributed by atoms with Crippen molar-refractivity contribution in [1.82, 2.24) is 19.6 Å². The van der Waals surface area contributed by atoms with Gasteiger partial charge in [-0.15, -0.1) is 60.0 Å². The van der Waals surface area contributed by atoms with Crippen LogP contribution in [-0.4, -0.2) is 114 Å². The average molecular weight is 1730 g/mol. The fourth-order valence-electron chi connectivity index (χ4n) is 9.74. The number of ether oxygens (including phenoxy) is 3. The molecule has 0 unspecified atom stereocenters. The quantitative estimate of drug-likeness (QED) is 0.0675. The molecule has 0 radical (unpaired) electrons. The van der Waals surface area contributed by atoms with Crippen molar-refractivity contribution in [3.05, 3.63) is 284 Å². The van der Waals surface area contributed by atoms with Gasteiger partial charge >= 0.3 is 52.4 Å². The van der Waals surface area contributed by atoms with Gasteiger partial charge in [-0.25, -0.2) is 0 Å². The maximum absolute atomic E-state index is 13.2. The van der Waals surface area contributed by atoms with Gasteiger partial charge in [0.05, 0.1) is 0 Å². The molecule has 109 heavy (non-hydrogen) atoms. The smallest absolute Gasteiger partial charge is 0.872 e. The molecule has 0 amide bonds. The summed E-state index contributed by atoms with van der Waals surface area (Å²) in [5.41, 5.74) is 10.7. The zero-order chi connectivity index (χ0) is 81.7. The number of halogens is 4.